The van der Waals surface area contributed by atoms with Crippen molar-refractivity contribution in [2.24, 2.45) is 0 Å². The summed E-state index contributed by atoms with van der Waals surface area (Å²) in [4.78, 5) is 4.29. The minimum Gasteiger partial charge on any atom is -0.255 e. The maximum absolute atomic E-state index is 14.2. The predicted octanol–water partition coefficient (Wildman–Crippen LogP) is 4.76. The Balaban J connectivity index is 2.27. The number of aromatic nitrogens is 1. The summed E-state index contributed by atoms with van der Waals surface area (Å²) in [6.07, 6.45) is 1.68. The number of nitriles is 1. The van der Waals surface area contributed by atoms with Crippen molar-refractivity contribution in [3.63, 3.8) is 0 Å². The summed E-state index contributed by atoms with van der Waals surface area (Å²) in [6.45, 7) is 0. The highest BCUT2D eigenvalue weighted by molar-refractivity contribution is 5.81. The van der Waals surface area contributed by atoms with Crippen LogP contribution in [0.5, 0.6) is 0 Å². The molecule has 0 saturated heterocycles. The van der Waals surface area contributed by atoms with Crippen LogP contribution in [0.2, 0.25) is 0 Å². The molecule has 0 fully saturated rings. The van der Waals surface area contributed by atoms with Crippen LogP contribution in [0, 0.1) is 23.0 Å². The van der Waals surface area contributed by atoms with Gasteiger partial charge in [0.1, 0.15) is 11.6 Å². The Hall–Kier alpha value is -3.06. The van der Waals surface area contributed by atoms with Crippen molar-refractivity contribution in [3.05, 3.63) is 78.0 Å². The second-order valence-electron chi connectivity index (χ2n) is 5.03. The van der Waals surface area contributed by atoms with Crippen LogP contribution in [0.25, 0.3) is 22.4 Å². The number of benzene rings is 2. The number of hydrogen-bond acceptors (Lipinski definition) is 2. The molecule has 4 heteroatoms. The van der Waals surface area contributed by atoms with Crippen molar-refractivity contribution in [1.82, 2.24) is 4.98 Å². The summed E-state index contributed by atoms with van der Waals surface area (Å²) in [5.41, 5.74) is 2.12. The molecule has 0 N–H and O–H groups in total. The van der Waals surface area contributed by atoms with E-state index in [1.807, 2.05) is 6.07 Å². The molecule has 0 unspecified atom stereocenters. The Morgan fingerprint density at radius 2 is 1.48 bits per heavy atom. The number of pyridine rings is 1. The van der Waals surface area contributed by atoms with Crippen molar-refractivity contribution in [3.8, 4) is 28.5 Å². The van der Waals surface area contributed by atoms with E-state index in [0.717, 1.165) is 0 Å². The van der Waals surface area contributed by atoms with Crippen molar-refractivity contribution in [2.75, 3.05) is 0 Å². The Bertz CT molecular complexity index is 898. The zero-order valence-corrected chi connectivity index (χ0v) is 12.1. The van der Waals surface area contributed by atoms with Gasteiger partial charge in [0.15, 0.2) is 0 Å². The van der Waals surface area contributed by atoms with Gasteiger partial charge < -0.3 is 0 Å². The normalized spacial score (nSPS) is 10.3. The molecular formula is C19H12F2N2. The van der Waals surface area contributed by atoms with Gasteiger partial charge in [-0.05, 0) is 29.8 Å². The van der Waals surface area contributed by atoms with Crippen LogP contribution in [0.3, 0.4) is 0 Å². The highest BCUT2D eigenvalue weighted by Gasteiger charge is 2.16. The van der Waals surface area contributed by atoms with Gasteiger partial charge in [-0.1, -0.05) is 30.3 Å². The second-order valence-corrected chi connectivity index (χ2v) is 5.03. The SMILES string of the molecule is N#CCc1cnc(-c2ccccc2F)c(-c2ccccc2F)c1. The predicted molar refractivity (Wildman–Crippen MR) is 84.3 cm³/mol. The molecule has 1 aromatic heterocycles. The van der Waals surface area contributed by atoms with Gasteiger partial charge in [-0.25, -0.2) is 8.78 Å². The molecule has 0 spiro atoms. The van der Waals surface area contributed by atoms with Crippen molar-refractivity contribution >= 4 is 0 Å². The van der Waals surface area contributed by atoms with Gasteiger partial charge in [-0.2, -0.15) is 5.26 Å². The van der Waals surface area contributed by atoms with Gasteiger partial charge in [-0.15, -0.1) is 0 Å². The highest BCUT2D eigenvalue weighted by atomic mass is 19.1. The molecule has 0 amide bonds. The average Bonchev–Trinajstić information content (AvgIpc) is 2.56. The smallest absolute Gasteiger partial charge is 0.132 e. The number of rotatable bonds is 3. The molecular weight excluding hydrogens is 294 g/mol. The van der Waals surface area contributed by atoms with Crippen LogP contribution in [0.15, 0.2) is 60.8 Å². The standard InChI is InChI=1S/C19H12F2N2/c20-17-7-3-1-5-14(17)16-11-13(9-10-22)12-23-19(16)15-6-2-4-8-18(15)21/h1-8,11-12H,9H2. The summed E-state index contributed by atoms with van der Waals surface area (Å²) in [7, 11) is 0. The minimum absolute atomic E-state index is 0.159. The van der Waals surface area contributed by atoms with Gasteiger partial charge in [-0.3, -0.25) is 4.98 Å². The van der Waals surface area contributed by atoms with E-state index in [0.29, 0.717) is 27.9 Å². The zero-order chi connectivity index (χ0) is 16.2. The summed E-state index contributed by atoms with van der Waals surface area (Å²) in [5, 5.41) is 8.85. The monoisotopic (exact) mass is 306 g/mol. The van der Waals surface area contributed by atoms with Crippen molar-refractivity contribution in [1.29, 1.82) is 5.26 Å². The summed E-state index contributed by atoms with van der Waals surface area (Å²) in [5.74, 6) is -0.841. The first kappa shape index (κ1) is 14.9. The topological polar surface area (TPSA) is 36.7 Å². The van der Waals surface area contributed by atoms with Gasteiger partial charge in [0, 0.05) is 22.9 Å². The Labute approximate surface area is 132 Å². The molecule has 0 aliphatic rings. The van der Waals surface area contributed by atoms with E-state index in [1.165, 1.54) is 18.3 Å². The minimum atomic E-state index is -0.425. The summed E-state index contributed by atoms with van der Waals surface area (Å²) in [6, 6.07) is 16.2. The molecule has 23 heavy (non-hydrogen) atoms. The van der Waals surface area contributed by atoms with Gasteiger partial charge in [0.25, 0.3) is 0 Å². The molecule has 2 nitrogen and oxygen atoms in total. The lowest BCUT2D eigenvalue weighted by atomic mass is 9.96. The van der Waals surface area contributed by atoms with Gasteiger partial charge in [0.05, 0.1) is 18.2 Å². The van der Waals surface area contributed by atoms with Crippen LogP contribution in [-0.2, 0) is 6.42 Å². The van der Waals surface area contributed by atoms with Crippen LogP contribution in [0.4, 0.5) is 8.78 Å². The van der Waals surface area contributed by atoms with E-state index in [4.69, 9.17) is 5.26 Å². The van der Waals surface area contributed by atoms with E-state index in [2.05, 4.69) is 4.98 Å². The number of nitrogens with zero attached hydrogens (tertiary/aromatic N) is 2. The Morgan fingerprint density at radius 1 is 0.870 bits per heavy atom. The first-order valence-electron chi connectivity index (χ1n) is 7.06. The molecule has 0 atom stereocenters. The second kappa shape index (κ2) is 6.37. The van der Waals surface area contributed by atoms with E-state index in [1.54, 1.807) is 42.5 Å². The number of hydrogen-bond donors (Lipinski definition) is 0. The third-order valence-corrected chi connectivity index (χ3v) is 3.52. The summed E-state index contributed by atoms with van der Waals surface area (Å²) >= 11 is 0. The van der Waals surface area contributed by atoms with E-state index in [9.17, 15) is 8.78 Å². The lowest BCUT2D eigenvalue weighted by Gasteiger charge is -2.12. The molecule has 3 rings (SSSR count). The van der Waals surface area contributed by atoms with Gasteiger partial charge >= 0.3 is 0 Å². The molecule has 2 aromatic carbocycles. The zero-order valence-electron chi connectivity index (χ0n) is 12.1. The Kier molecular flexibility index (Phi) is 4.11. The van der Waals surface area contributed by atoms with E-state index >= 15 is 0 Å². The first-order valence-corrected chi connectivity index (χ1v) is 7.06. The molecule has 0 aliphatic heterocycles. The Morgan fingerprint density at radius 3 is 2.09 bits per heavy atom. The highest BCUT2D eigenvalue weighted by Crippen LogP contribution is 2.33. The third-order valence-electron chi connectivity index (χ3n) is 3.52. The van der Waals surface area contributed by atoms with E-state index in [-0.39, 0.29) is 6.42 Å². The van der Waals surface area contributed by atoms with Crippen molar-refractivity contribution in [2.45, 2.75) is 6.42 Å². The third kappa shape index (κ3) is 2.95. The summed E-state index contributed by atoms with van der Waals surface area (Å²) < 4.78 is 28.3. The molecule has 1 heterocycles. The van der Waals surface area contributed by atoms with Crippen LogP contribution in [-0.4, -0.2) is 4.98 Å². The fourth-order valence-corrected chi connectivity index (χ4v) is 2.45. The lowest BCUT2D eigenvalue weighted by molar-refractivity contribution is 0.628. The fourth-order valence-electron chi connectivity index (χ4n) is 2.45. The molecule has 112 valence electrons. The molecule has 3 aromatic rings. The van der Waals surface area contributed by atoms with Crippen LogP contribution < -0.4 is 0 Å². The first-order chi connectivity index (χ1) is 11.2. The molecule has 0 radical (unpaired) electrons. The maximum atomic E-state index is 14.2. The van der Waals surface area contributed by atoms with Crippen LogP contribution in [0.1, 0.15) is 5.56 Å². The average molecular weight is 306 g/mol. The maximum Gasteiger partial charge on any atom is 0.132 e. The fraction of sp³-hybridized carbons (Fsp3) is 0.0526. The van der Waals surface area contributed by atoms with Crippen LogP contribution >= 0.6 is 0 Å². The van der Waals surface area contributed by atoms with E-state index < -0.39 is 11.6 Å². The van der Waals surface area contributed by atoms with Crippen molar-refractivity contribution < 1.29 is 8.78 Å². The molecule has 0 bridgehead atoms. The molecule has 0 saturated carbocycles. The lowest BCUT2D eigenvalue weighted by Crippen LogP contribution is -1.96. The van der Waals surface area contributed by atoms with Gasteiger partial charge in [0.2, 0.25) is 0 Å². The number of halogens is 2. The quantitative estimate of drug-likeness (QED) is 0.699. The molecule has 0 aliphatic carbocycles. The largest absolute Gasteiger partial charge is 0.255 e.